The van der Waals surface area contributed by atoms with E-state index in [0.29, 0.717) is 18.5 Å². The molecule has 1 aromatic rings. The summed E-state index contributed by atoms with van der Waals surface area (Å²) in [4.78, 5) is 36.3. The maximum atomic E-state index is 12.7. The normalized spacial score (nSPS) is 15.6. The summed E-state index contributed by atoms with van der Waals surface area (Å²) in [6.07, 6.45) is 0.219. The van der Waals surface area contributed by atoms with Gasteiger partial charge in [-0.2, -0.15) is 0 Å². The first-order chi connectivity index (χ1) is 13.8. The fourth-order valence-corrected chi connectivity index (χ4v) is 2.44. The highest BCUT2D eigenvalue weighted by atomic mass is 16.5. The van der Waals surface area contributed by atoms with Crippen LogP contribution in [0.1, 0.15) is 43.3 Å². The summed E-state index contributed by atoms with van der Waals surface area (Å²) in [5.41, 5.74) is 0.664. The van der Waals surface area contributed by atoms with Crippen molar-refractivity contribution in [2.75, 3.05) is 13.6 Å². The van der Waals surface area contributed by atoms with Crippen LogP contribution in [0.5, 0.6) is 0 Å². The first kappa shape index (κ1) is 18.0. The van der Waals surface area contributed by atoms with Crippen LogP contribution >= 0.6 is 0 Å². The fraction of sp³-hybridized carbons (Fsp3) is 0.550. The molecule has 0 aliphatic rings. The summed E-state index contributed by atoms with van der Waals surface area (Å²) < 4.78 is 25.9. The number of nitrogens with one attached hydrogen (secondary N) is 2. The quantitative estimate of drug-likeness (QED) is 0.534. The molecular weight excluding hydrogens is 348 g/mol. The van der Waals surface area contributed by atoms with Crippen molar-refractivity contribution in [1.82, 2.24) is 10.6 Å². The molecule has 150 valence electrons. The van der Waals surface area contributed by atoms with Gasteiger partial charge in [-0.1, -0.05) is 51.1 Å². The molecule has 0 aliphatic carbocycles. The Hall–Kier alpha value is -2.41. The van der Waals surface area contributed by atoms with Gasteiger partial charge in [-0.3, -0.25) is 9.59 Å². The number of methoxy groups -OCH3 is 1. The number of carbonyl (C=O) groups excluding carboxylic acids is 2. The van der Waals surface area contributed by atoms with Crippen molar-refractivity contribution < 1.29 is 28.3 Å². The molecule has 1 rings (SSSR count). The highest BCUT2D eigenvalue weighted by Crippen LogP contribution is 2.17. The molecule has 0 fully saturated rings. The van der Waals surface area contributed by atoms with Crippen molar-refractivity contribution in [2.45, 2.75) is 52.1 Å². The number of rotatable bonds is 10. The zero-order chi connectivity index (χ0) is 22.9. The molecule has 0 saturated carbocycles. The minimum absolute atomic E-state index is 0.00325. The Labute approximate surface area is 164 Å². The van der Waals surface area contributed by atoms with Gasteiger partial charge < -0.3 is 20.5 Å². The fourth-order valence-electron chi connectivity index (χ4n) is 2.44. The molecule has 0 saturated heterocycles. The SMILES string of the molecule is [2H]C([2H])([2H])OC(=O)[C@H](Cc1ccccc1)NC(=O)[C@@H](CC(=O)O)NCCC(C)(C)C. The van der Waals surface area contributed by atoms with Gasteiger partial charge in [-0.05, 0) is 23.9 Å². The molecule has 0 heterocycles. The van der Waals surface area contributed by atoms with Gasteiger partial charge in [0.2, 0.25) is 5.91 Å². The van der Waals surface area contributed by atoms with E-state index in [1.807, 2.05) is 20.8 Å². The van der Waals surface area contributed by atoms with E-state index in [2.05, 4.69) is 15.4 Å². The standard InChI is InChI=1S/C20H30N2O5/c1-20(2,3)10-11-21-15(13-17(23)24)18(25)22-16(19(26)27-4)12-14-8-6-5-7-9-14/h5-9,15-16,21H,10-13H2,1-4H3,(H,22,25)(H,23,24)/t15-,16+/m1/s1/i4D3. The summed E-state index contributed by atoms with van der Waals surface area (Å²) in [7, 11) is -2.96. The summed E-state index contributed by atoms with van der Waals surface area (Å²) in [6.45, 7) is 6.45. The number of carbonyl (C=O) groups is 3. The molecule has 1 amide bonds. The molecule has 2 atom stereocenters. The van der Waals surface area contributed by atoms with Crippen LogP contribution in [0, 0.1) is 5.41 Å². The Balaban J connectivity index is 2.93. The Morgan fingerprint density at radius 3 is 2.41 bits per heavy atom. The van der Waals surface area contributed by atoms with Crippen LogP contribution in [0.4, 0.5) is 0 Å². The number of carboxylic acid groups (broad SMARTS) is 1. The molecule has 0 aromatic heterocycles. The second-order valence-electron chi connectivity index (χ2n) is 7.59. The molecule has 7 heteroatoms. The third-order valence-electron chi connectivity index (χ3n) is 3.95. The first-order valence-corrected chi connectivity index (χ1v) is 8.79. The predicted octanol–water partition coefficient (Wildman–Crippen LogP) is 1.76. The van der Waals surface area contributed by atoms with Gasteiger partial charge in [0.25, 0.3) is 0 Å². The van der Waals surface area contributed by atoms with Crippen LogP contribution in [0.2, 0.25) is 0 Å². The topological polar surface area (TPSA) is 105 Å². The molecule has 7 nitrogen and oxygen atoms in total. The number of benzene rings is 1. The van der Waals surface area contributed by atoms with E-state index in [1.165, 1.54) is 0 Å². The van der Waals surface area contributed by atoms with Gasteiger partial charge in [0.15, 0.2) is 0 Å². The number of aliphatic carboxylic acids is 1. The van der Waals surface area contributed by atoms with Crippen LogP contribution in [0.15, 0.2) is 30.3 Å². The number of esters is 1. The lowest BCUT2D eigenvalue weighted by atomic mass is 9.92. The Morgan fingerprint density at radius 2 is 1.85 bits per heavy atom. The van der Waals surface area contributed by atoms with Crippen molar-refractivity contribution in [2.24, 2.45) is 5.41 Å². The van der Waals surface area contributed by atoms with Crippen molar-refractivity contribution >= 4 is 17.8 Å². The summed E-state index contributed by atoms with van der Waals surface area (Å²) >= 11 is 0. The molecular formula is C20H30N2O5. The van der Waals surface area contributed by atoms with Crippen molar-refractivity contribution in [3.8, 4) is 0 Å². The van der Waals surface area contributed by atoms with Crippen molar-refractivity contribution in [1.29, 1.82) is 0 Å². The van der Waals surface area contributed by atoms with Crippen LogP contribution in [-0.2, 0) is 25.5 Å². The minimum atomic E-state index is -2.96. The van der Waals surface area contributed by atoms with E-state index in [0.717, 1.165) is 0 Å². The van der Waals surface area contributed by atoms with E-state index in [-0.39, 0.29) is 11.8 Å². The highest BCUT2D eigenvalue weighted by molar-refractivity contribution is 5.90. The Morgan fingerprint density at radius 1 is 1.19 bits per heavy atom. The average Bonchev–Trinajstić information content (AvgIpc) is 2.58. The number of amides is 1. The zero-order valence-corrected chi connectivity index (χ0v) is 16.0. The maximum Gasteiger partial charge on any atom is 0.328 e. The Kier molecular flexibility index (Phi) is 7.10. The van der Waals surface area contributed by atoms with E-state index in [4.69, 9.17) is 9.22 Å². The molecule has 0 bridgehead atoms. The molecule has 1 aromatic carbocycles. The monoisotopic (exact) mass is 381 g/mol. The zero-order valence-electron chi connectivity index (χ0n) is 19.0. The number of hydrogen-bond acceptors (Lipinski definition) is 5. The second kappa shape index (κ2) is 10.7. The molecule has 0 radical (unpaired) electrons. The molecule has 3 N–H and O–H groups in total. The van der Waals surface area contributed by atoms with Crippen LogP contribution < -0.4 is 10.6 Å². The molecule has 0 unspecified atom stereocenters. The summed E-state index contributed by atoms with van der Waals surface area (Å²) in [5.74, 6) is -3.01. The lowest BCUT2D eigenvalue weighted by Crippen LogP contribution is -2.52. The van der Waals surface area contributed by atoms with Crippen LogP contribution in [-0.4, -0.2) is 48.6 Å². The summed E-state index contributed by atoms with van der Waals surface area (Å²) in [6, 6.07) is 6.34. The van der Waals surface area contributed by atoms with E-state index in [1.54, 1.807) is 30.3 Å². The highest BCUT2D eigenvalue weighted by Gasteiger charge is 2.28. The largest absolute Gasteiger partial charge is 0.481 e. The van der Waals surface area contributed by atoms with E-state index >= 15 is 0 Å². The minimum Gasteiger partial charge on any atom is -0.481 e. The Bertz CT molecular complexity index is 717. The molecule has 0 spiro atoms. The average molecular weight is 381 g/mol. The van der Waals surface area contributed by atoms with Gasteiger partial charge in [0.1, 0.15) is 6.04 Å². The third-order valence-corrected chi connectivity index (χ3v) is 3.95. The second-order valence-corrected chi connectivity index (χ2v) is 7.59. The maximum absolute atomic E-state index is 12.7. The number of carboxylic acids is 1. The van der Waals surface area contributed by atoms with Crippen molar-refractivity contribution in [3.05, 3.63) is 35.9 Å². The van der Waals surface area contributed by atoms with Gasteiger partial charge in [-0.25, -0.2) is 4.79 Å². The van der Waals surface area contributed by atoms with E-state index < -0.39 is 43.4 Å². The summed E-state index contributed by atoms with van der Waals surface area (Å²) in [5, 5.41) is 14.5. The van der Waals surface area contributed by atoms with Crippen LogP contribution in [0.25, 0.3) is 0 Å². The smallest absolute Gasteiger partial charge is 0.328 e. The van der Waals surface area contributed by atoms with Gasteiger partial charge in [0, 0.05) is 6.42 Å². The van der Waals surface area contributed by atoms with E-state index in [9.17, 15) is 14.4 Å². The van der Waals surface area contributed by atoms with Crippen molar-refractivity contribution in [3.63, 3.8) is 0 Å². The number of hydrogen-bond donors (Lipinski definition) is 3. The first-order valence-electron chi connectivity index (χ1n) is 10.3. The van der Waals surface area contributed by atoms with Gasteiger partial charge >= 0.3 is 11.9 Å². The van der Waals surface area contributed by atoms with Gasteiger partial charge in [0.05, 0.1) is 23.6 Å². The molecule has 27 heavy (non-hydrogen) atoms. The third kappa shape index (κ3) is 9.19. The lowest BCUT2D eigenvalue weighted by molar-refractivity contribution is -0.145. The lowest BCUT2D eigenvalue weighted by Gasteiger charge is -2.23. The predicted molar refractivity (Wildman–Crippen MR) is 102 cm³/mol. The number of ether oxygens (including phenoxy) is 1. The van der Waals surface area contributed by atoms with Gasteiger partial charge in [-0.15, -0.1) is 0 Å². The molecule has 0 aliphatic heterocycles. The van der Waals surface area contributed by atoms with Crippen LogP contribution in [0.3, 0.4) is 0 Å².